The Morgan fingerprint density at radius 3 is 2.17 bits per heavy atom. The van der Waals surface area contributed by atoms with Crippen LogP contribution in [0, 0.1) is 25.7 Å². The van der Waals surface area contributed by atoms with Gasteiger partial charge >= 0.3 is 0 Å². The molecule has 2 aliphatic heterocycles. The standard InChI is InChI=1S/C19H22O4/c1-9-7-11(21-3)8-10(2)14(9)17-18(20)15-12-5-6-13(23-12)16(15)19(17)22-4/h7-8,12-13,15-16H,5-6H2,1-4H3/t12-,13+,15-,16+/m0/s1. The predicted octanol–water partition coefficient (Wildman–Crippen LogP) is 3.05. The highest BCUT2D eigenvalue weighted by Gasteiger charge is 2.59. The summed E-state index contributed by atoms with van der Waals surface area (Å²) in [7, 11) is 3.33. The number of ether oxygens (including phenoxy) is 3. The molecule has 1 aliphatic carbocycles. The number of allylic oxidation sites excluding steroid dienone is 1. The zero-order valence-electron chi connectivity index (χ0n) is 14.0. The summed E-state index contributed by atoms with van der Waals surface area (Å²) in [5.41, 5.74) is 3.86. The van der Waals surface area contributed by atoms with Gasteiger partial charge < -0.3 is 14.2 Å². The van der Waals surface area contributed by atoms with E-state index in [9.17, 15) is 4.79 Å². The number of hydrogen-bond donors (Lipinski definition) is 0. The number of rotatable bonds is 3. The highest BCUT2D eigenvalue weighted by molar-refractivity contribution is 6.26. The average Bonchev–Trinajstić information content (AvgIpc) is 3.20. The highest BCUT2D eigenvalue weighted by Crippen LogP contribution is 2.55. The van der Waals surface area contributed by atoms with Crippen LogP contribution >= 0.6 is 0 Å². The molecule has 4 rings (SSSR count). The molecule has 1 aromatic carbocycles. The minimum atomic E-state index is -0.0559. The van der Waals surface area contributed by atoms with Crippen LogP contribution < -0.4 is 4.74 Å². The average molecular weight is 314 g/mol. The Labute approximate surface area is 136 Å². The summed E-state index contributed by atoms with van der Waals surface area (Å²) in [4.78, 5) is 13.2. The van der Waals surface area contributed by atoms with Gasteiger partial charge in [-0.15, -0.1) is 0 Å². The van der Waals surface area contributed by atoms with Crippen LogP contribution in [0.4, 0.5) is 0 Å². The van der Waals surface area contributed by atoms with Gasteiger partial charge in [0.2, 0.25) is 0 Å². The summed E-state index contributed by atoms with van der Waals surface area (Å²) < 4.78 is 17.0. The molecule has 0 radical (unpaired) electrons. The molecule has 2 bridgehead atoms. The lowest BCUT2D eigenvalue weighted by Gasteiger charge is -2.21. The minimum absolute atomic E-state index is 0.0559. The van der Waals surface area contributed by atoms with Gasteiger partial charge in [-0.25, -0.2) is 0 Å². The largest absolute Gasteiger partial charge is 0.500 e. The minimum Gasteiger partial charge on any atom is -0.500 e. The number of ketones is 1. The van der Waals surface area contributed by atoms with Gasteiger partial charge in [0, 0.05) is 0 Å². The molecule has 4 heteroatoms. The lowest BCUT2D eigenvalue weighted by Crippen LogP contribution is -2.29. The molecule has 0 spiro atoms. The monoisotopic (exact) mass is 314 g/mol. The quantitative estimate of drug-likeness (QED) is 0.860. The first-order chi connectivity index (χ1) is 11.1. The van der Waals surface area contributed by atoms with E-state index in [2.05, 4.69) is 0 Å². The SMILES string of the molecule is COC1=C(c2c(C)cc(OC)cc2C)C(=O)[C@@H]2[C@H]1[C@H]1CC[C@@H]2O1. The predicted molar refractivity (Wildman–Crippen MR) is 86.3 cm³/mol. The Balaban J connectivity index is 1.88. The van der Waals surface area contributed by atoms with E-state index >= 15 is 0 Å². The van der Waals surface area contributed by atoms with E-state index in [4.69, 9.17) is 14.2 Å². The van der Waals surface area contributed by atoms with Gasteiger partial charge in [-0.1, -0.05) is 0 Å². The lowest BCUT2D eigenvalue weighted by molar-refractivity contribution is -0.118. The maximum Gasteiger partial charge on any atom is 0.173 e. The number of fused-ring (bicyclic) bond motifs is 5. The van der Waals surface area contributed by atoms with Crippen molar-refractivity contribution in [3.63, 3.8) is 0 Å². The number of hydrogen-bond acceptors (Lipinski definition) is 4. The maximum absolute atomic E-state index is 13.2. The molecule has 4 atom stereocenters. The van der Waals surface area contributed by atoms with Crippen molar-refractivity contribution in [3.8, 4) is 5.75 Å². The maximum atomic E-state index is 13.2. The van der Waals surface area contributed by atoms with E-state index in [1.807, 2.05) is 26.0 Å². The fourth-order valence-corrected chi connectivity index (χ4v) is 4.72. The zero-order valence-corrected chi connectivity index (χ0v) is 14.0. The van der Waals surface area contributed by atoms with Crippen molar-refractivity contribution in [2.45, 2.75) is 38.9 Å². The molecule has 4 nitrogen and oxygen atoms in total. The third-order valence-corrected chi connectivity index (χ3v) is 5.58. The van der Waals surface area contributed by atoms with Crippen LogP contribution in [0.25, 0.3) is 5.57 Å². The van der Waals surface area contributed by atoms with Crippen LogP contribution in [0.15, 0.2) is 17.9 Å². The number of methoxy groups -OCH3 is 2. The van der Waals surface area contributed by atoms with Gasteiger partial charge in [0.15, 0.2) is 5.78 Å². The van der Waals surface area contributed by atoms with Gasteiger partial charge in [-0.3, -0.25) is 4.79 Å². The Kier molecular flexibility index (Phi) is 3.27. The van der Waals surface area contributed by atoms with Crippen LogP contribution in [-0.4, -0.2) is 32.2 Å². The molecule has 0 unspecified atom stereocenters. The fraction of sp³-hybridized carbons (Fsp3) is 0.526. The Bertz CT molecular complexity index is 695. The first kappa shape index (κ1) is 14.8. The van der Waals surface area contributed by atoms with E-state index in [0.717, 1.165) is 46.6 Å². The zero-order chi connectivity index (χ0) is 16.3. The summed E-state index contributed by atoms with van der Waals surface area (Å²) in [5.74, 6) is 1.87. The smallest absolute Gasteiger partial charge is 0.173 e. The number of benzene rings is 1. The molecule has 23 heavy (non-hydrogen) atoms. The molecular weight excluding hydrogens is 292 g/mol. The van der Waals surface area contributed by atoms with Crippen LogP contribution in [0.1, 0.15) is 29.5 Å². The molecule has 2 fully saturated rings. The molecule has 0 saturated carbocycles. The van der Waals surface area contributed by atoms with E-state index in [-0.39, 0.29) is 29.8 Å². The van der Waals surface area contributed by atoms with Gasteiger partial charge in [0.1, 0.15) is 11.5 Å². The molecule has 0 aromatic heterocycles. The van der Waals surface area contributed by atoms with Crippen molar-refractivity contribution >= 4 is 11.4 Å². The van der Waals surface area contributed by atoms with Crippen LogP contribution in [-0.2, 0) is 14.3 Å². The number of carbonyl (C=O) groups excluding carboxylic acids is 1. The third-order valence-electron chi connectivity index (χ3n) is 5.58. The first-order valence-corrected chi connectivity index (χ1v) is 8.20. The summed E-state index contributed by atoms with van der Waals surface area (Å²) in [6, 6.07) is 3.96. The normalized spacial score (nSPS) is 31.7. The van der Waals surface area contributed by atoms with Crippen LogP contribution in [0.3, 0.4) is 0 Å². The molecule has 0 amide bonds. The topological polar surface area (TPSA) is 44.8 Å². The van der Waals surface area contributed by atoms with Crippen molar-refractivity contribution in [2.24, 2.45) is 11.8 Å². The van der Waals surface area contributed by atoms with E-state index in [1.165, 1.54) is 0 Å². The molecule has 3 aliphatic rings. The van der Waals surface area contributed by atoms with E-state index < -0.39 is 0 Å². The Hall–Kier alpha value is -1.81. The molecular formula is C19H22O4. The van der Waals surface area contributed by atoms with Crippen LogP contribution in [0.2, 0.25) is 0 Å². The number of Topliss-reactive ketones (excluding diaryl/α,β-unsaturated/α-hetero) is 1. The summed E-state index contributed by atoms with van der Waals surface area (Å²) in [5, 5.41) is 0. The van der Waals surface area contributed by atoms with Crippen molar-refractivity contribution in [3.05, 3.63) is 34.6 Å². The van der Waals surface area contributed by atoms with Gasteiger partial charge in [-0.05, 0) is 55.5 Å². The first-order valence-electron chi connectivity index (χ1n) is 8.20. The fourth-order valence-electron chi connectivity index (χ4n) is 4.72. The second kappa shape index (κ2) is 5.10. The second-order valence-electron chi connectivity index (χ2n) is 6.79. The van der Waals surface area contributed by atoms with E-state index in [1.54, 1.807) is 14.2 Å². The van der Waals surface area contributed by atoms with E-state index in [0.29, 0.717) is 0 Å². The highest BCUT2D eigenvalue weighted by atomic mass is 16.5. The molecule has 0 N–H and O–H groups in total. The van der Waals surface area contributed by atoms with Gasteiger partial charge in [0.05, 0.1) is 43.8 Å². The van der Waals surface area contributed by atoms with Crippen molar-refractivity contribution in [2.75, 3.05) is 14.2 Å². The molecule has 122 valence electrons. The molecule has 2 heterocycles. The van der Waals surface area contributed by atoms with Gasteiger partial charge in [0.25, 0.3) is 0 Å². The Morgan fingerprint density at radius 1 is 1.00 bits per heavy atom. The number of carbonyl (C=O) groups is 1. The summed E-state index contributed by atoms with van der Waals surface area (Å²) in [6.07, 6.45) is 2.22. The third kappa shape index (κ3) is 1.91. The lowest BCUT2D eigenvalue weighted by atomic mass is 9.80. The summed E-state index contributed by atoms with van der Waals surface area (Å²) >= 11 is 0. The van der Waals surface area contributed by atoms with Crippen molar-refractivity contribution < 1.29 is 19.0 Å². The Morgan fingerprint density at radius 2 is 1.61 bits per heavy atom. The number of aryl methyl sites for hydroxylation is 2. The second-order valence-corrected chi connectivity index (χ2v) is 6.79. The molecule has 2 saturated heterocycles. The van der Waals surface area contributed by atoms with Gasteiger partial charge in [-0.2, -0.15) is 0 Å². The van der Waals surface area contributed by atoms with Crippen molar-refractivity contribution in [1.29, 1.82) is 0 Å². The summed E-state index contributed by atoms with van der Waals surface area (Å²) in [6.45, 7) is 4.05. The molecule has 1 aromatic rings. The van der Waals surface area contributed by atoms with Crippen molar-refractivity contribution in [1.82, 2.24) is 0 Å². The van der Waals surface area contributed by atoms with Crippen LogP contribution in [0.5, 0.6) is 5.75 Å².